The molecule has 0 heterocycles. The molecular formula is C12H13ClN2O5. The van der Waals surface area contributed by atoms with Crippen molar-refractivity contribution in [3.8, 4) is 0 Å². The highest BCUT2D eigenvalue weighted by molar-refractivity contribution is 6.34. The van der Waals surface area contributed by atoms with Gasteiger partial charge < -0.3 is 10.1 Å². The lowest BCUT2D eigenvalue weighted by molar-refractivity contribution is -0.384. The van der Waals surface area contributed by atoms with E-state index in [0.717, 1.165) is 12.1 Å². The Morgan fingerprint density at radius 3 is 2.65 bits per heavy atom. The van der Waals surface area contributed by atoms with E-state index in [2.05, 4.69) is 5.32 Å². The van der Waals surface area contributed by atoms with Crippen molar-refractivity contribution in [2.75, 3.05) is 6.61 Å². The van der Waals surface area contributed by atoms with Gasteiger partial charge in [-0.3, -0.25) is 14.9 Å². The number of amides is 1. The molecule has 8 heteroatoms. The number of carbonyl (C=O) groups is 2. The van der Waals surface area contributed by atoms with Gasteiger partial charge in [-0.2, -0.15) is 0 Å². The predicted molar refractivity (Wildman–Crippen MR) is 71.7 cm³/mol. The number of hydrogen-bond donors (Lipinski definition) is 1. The number of carbonyl (C=O) groups excluding carboxylic acids is 2. The molecule has 0 aromatic heterocycles. The Labute approximate surface area is 120 Å². The number of nitro groups is 1. The molecule has 0 spiro atoms. The molecule has 0 aliphatic heterocycles. The fourth-order valence-electron chi connectivity index (χ4n) is 1.40. The lowest BCUT2D eigenvalue weighted by atomic mass is 10.2. The summed E-state index contributed by atoms with van der Waals surface area (Å²) in [5, 5.41) is 12.9. The third-order valence-corrected chi connectivity index (χ3v) is 2.71. The van der Waals surface area contributed by atoms with Gasteiger partial charge in [-0.25, -0.2) is 4.79 Å². The molecular weight excluding hydrogens is 288 g/mol. The Kier molecular flexibility index (Phi) is 5.45. The molecule has 0 bridgehead atoms. The maximum Gasteiger partial charge on any atom is 0.328 e. The zero-order chi connectivity index (χ0) is 15.3. The van der Waals surface area contributed by atoms with Crippen molar-refractivity contribution >= 4 is 29.2 Å². The molecule has 0 fully saturated rings. The van der Waals surface area contributed by atoms with Crippen LogP contribution in [0.1, 0.15) is 24.2 Å². The van der Waals surface area contributed by atoms with Crippen molar-refractivity contribution in [3.05, 3.63) is 38.9 Å². The van der Waals surface area contributed by atoms with Gasteiger partial charge >= 0.3 is 5.97 Å². The summed E-state index contributed by atoms with van der Waals surface area (Å²) in [4.78, 5) is 33.2. The Morgan fingerprint density at radius 1 is 1.50 bits per heavy atom. The third-order valence-electron chi connectivity index (χ3n) is 2.40. The topological polar surface area (TPSA) is 98.5 Å². The molecule has 0 aliphatic carbocycles. The SMILES string of the molecule is CCOC(=O)C(C)NC(=O)c1ccc([N+](=O)[O-])cc1Cl. The van der Waals surface area contributed by atoms with E-state index in [1.165, 1.54) is 13.0 Å². The molecule has 1 aromatic rings. The van der Waals surface area contributed by atoms with Gasteiger partial charge in [0.25, 0.3) is 11.6 Å². The summed E-state index contributed by atoms with van der Waals surface area (Å²) in [5.74, 6) is -1.18. The Balaban J connectivity index is 2.83. The second-order valence-electron chi connectivity index (χ2n) is 3.87. The minimum absolute atomic E-state index is 0.0495. The fraction of sp³-hybridized carbons (Fsp3) is 0.333. The van der Waals surface area contributed by atoms with E-state index in [4.69, 9.17) is 16.3 Å². The summed E-state index contributed by atoms with van der Waals surface area (Å²) < 4.78 is 4.75. The van der Waals surface area contributed by atoms with E-state index in [1.807, 2.05) is 0 Å². The molecule has 1 N–H and O–H groups in total. The van der Waals surface area contributed by atoms with Gasteiger partial charge in [-0.1, -0.05) is 11.6 Å². The van der Waals surface area contributed by atoms with E-state index in [1.54, 1.807) is 6.92 Å². The number of hydrogen-bond acceptors (Lipinski definition) is 5. The minimum Gasteiger partial charge on any atom is -0.464 e. The van der Waals surface area contributed by atoms with Gasteiger partial charge in [0.05, 0.1) is 22.1 Å². The van der Waals surface area contributed by atoms with E-state index in [-0.39, 0.29) is 22.9 Å². The quantitative estimate of drug-likeness (QED) is 0.509. The van der Waals surface area contributed by atoms with Crippen LogP contribution in [-0.4, -0.2) is 29.4 Å². The second kappa shape index (κ2) is 6.85. The molecule has 0 saturated heterocycles. The lowest BCUT2D eigenvalue weighted by Gasteiger charge is -2.13. The number of esters is 1. The number of nitrogens with zero attached hydrogens (tertiary/aromatic N) is 1. The molecule has 1 rings (SSSR count). The minimum atomic E-state index is -0.839. The van der Waals surface area contributed by atoms with Crippen LogP contribution in [0.4, 0.5) is 5.69 Å². The zero-order valence-electron chi connectivity index (χ0n) is 10.9. The maximum absolute atomic E-state index is 11.9. The fourth-order valence-corrected chi connectivity index (χ4v) is 1.66. The molecule has 1 amide bonds. The highest BCUT2D eigenvalue weighted by Gasteiger charge is 2.20. The van der Waals surface area contributed by atoms with Gasteiger partial charge in [0.2, 0.25) is 0 Å². The van der Waals surface area contributed by atoms with Crippen LogP contribution in [0.2, 0.25) is 5.02 Å². The van der Waals surface area contributed by atoms with Gasteiger partial charge in [0.1, 0.15) is 6.04 Å². The first-order valence-electron chi connectivity index (χ1n) is 5.78. The van der Waals surface area contributed by atoms with E-state index in [9.17, 15) is 19.7 Å². The van der Waals surface area contributed by atoms with Crippen LogP contribution < -0.4 is 5.32 Å². The van der Waals surface area contributed by atoms with Gasteiger partial charge in [-0.05, 0) is 19.9 Å². The van der Waals surface area contributed by atoms with Crippen molar-refractivity contribution in [1.82, 2.24) is 5.32 Å². The zero-order valence-corrected chi connectivity index (χ0v) is 11.6. The molecule has 108 valence electrons. The molecule has 0 saturated carbocycles. The second-order valence-corrected chi connectivity index (χ2v) is 4.28. The highest BCUT2D eigenvalue weighted by Crippen LogP contribution is 2.22. The first-order chi connectivity index (χ1) is 9.36. The monoisotopic (exact) mass is 300 g/mol. The summed E-state index contributed by atoms with van der Waals surface area (Å²) in [6.07, 6.45) is 0. The number of non-ortho nitro benzene ring substituents is 1. The summed E-state index contributed by atoms with van der Waals surface area (Å²) in [7, 11) is 0. The Bertz CT molecular complexity index is 547. The number of ether oxygens (including phenoxy) is 1. The normalized spacial score (nSPS) is 11.6. The molecule has 0 radical (unpaired) electrons. The van der Waals surface area contributed by atoms with Crippen molar-refractivity contribution in [2.24, 2.45) is 0 Å². The van der Waals surface area contributed by atoms with E-state index >= 15 is 0 Å². The van der Waals surface area contributed by atoms with Gasteiger partial charge in [0.15, 0.2) is 0 Å². The largest absolute Gasteiger partial charge is 0.464 e. The number of nitrogens with one attached hydrogen (secondary N) is 1. The number of halogens is 1. The summed E-state index contributed by atoms with van der Waals surface area (Å²) >= 11 is 5.81. The van der Waals surface area contributed by atoms with Crippen LogP contribution in [0, 0.1) is 10.1 Å². The predicted octanol–water partition coefficient (Wildman–Crippen LogP) is 1.93. The van der Waals surface area contributed by atoms with E-state index < -0.39 is 22.8 Å². The summed E-state index contributed by atoms with van der Waals surface area (Å²) in [6, 6.07) is 2.63. The van der Waals surface area contributed by atoms with Crippen molar-refractivity contribution < 1.29 is 19.2 Å². The first kappa shape index (κ1) is 15.9. The average Bonchev–Trinajstić information content (AvgIpc) is 2.38. The van der Waals surface area contributed by atoms with Gasteiger partial charge in [-0.15, -0.1) is 0 Å². The van der Waals surface area contributed by atoms with Gasteiger partial charge in [0, 0.05) is 12.1 Å². The van der Waals surface area contributed by atoms with E-state index in [0.29, 0.717) is 0 Å². The van der Waals surface area contributed by atoms with Crippen LogP contribution in [0.3, 0.4) is 0 Å². The van der Waals surface area contributed by atoms with Crippen molar-refractivity contribution in [2.45, 2.75) is 19.9 Å². The van der Waals surface area contributed by atoms with Crippen LogP contribution >= 0.6 is 11.6 Å². The number of benzene rings is 1. The Morgan fingerprint density at radius 2 is 2.15 bits per heavy atom. The summed E-state index contributed by atoms with van der Waals surface area (Å²) in [5.41, 5.74) is -0.168. The Hall–Kier alpha value is -2.15. The average molecular weight is 301 g/mol. The van der Waals surface area contributed by atoms with Crippen LogP contribution in [0.5, 0.6) is 0 Å². The maximum atomic E-state index is 11.9. The van der Waals surface area contributed by atoms with Crippen molar-refractivity contribution in [1.29, 1.82) is 0 Å². The summed E-state index contributed by atoms with van der Waals surface area (Å²) in [6.45, 7) is 3.33. The van der Waals surface area contributed by atoms with Crippen LogP contribution in [0.15, 0.2) is 18.2 Å². The van der Waals surface area contributed by atoms with Crippen LogP contribution in [-0.2, 0) is 9.53 Å². The molecule has 20 heavy (non-hydrogen) atoms. The molecule has 1 aromatic carbocycles. The number of nitro benzene ring substituents is 1. The standard InChI is InChI=1S/C12H13ClN2O5/c1-3-20-12(17)7(2)14-11(16)9-5-4-8(15(18)19)6-10(9)13/h4-7H,3H2,1-2H3,(H,14,16). The molecule has 7 nitrogen and oxygen atoms in total. The highest BCUT2D eigenvalue weighted by atomic mass is 35.5. The molecule has 1 unspecified atom stereocenters. The third kappa shape index (κ3) is 3.92. The van der Waals surface area contributed by atoms with Crippen molar-refractivity contribution in [3.63, 3.8) is 0 Å². The molecule has 0 aliphatic rings. The number of rotatable bonds is 5. The smallest absolute Gasteiger partial charge is 0.328 e. The molecule has 1 atom stereocenters. The lowest BCUT2D eigenvalue weighted by Crippen LogP contribution is -2.39. The first-order valence-corrected chi connectivity index (χ1v) is 6.16. The van der Waals surface area contributed by atoms with Crippen LogP contribution in [0.25, 0.3) is 0 Å².